The van der Waals surface area contributed by atoms with Crippen molar-refractivity contribution in [3.05, 3.63) is 29.3 Å². The fourth-order valence-electron chi connectivity index (χ4n) is 1.35. The Balaban J connectivity index is 2.74. The molecular formula is C11H18N2O3S. The van der Waals surface area contributed by atoms with Gasteiger partial charge in [0.1, 0.15) is 5.75 Å². The molecule has 0 saturated carbocycles. The Kier molecular flexibility index (Phi) is 4.50. The van der Waals surface area contributed by atoms with Crippen molar-refractivity contribution in [1.82, 2.24) is 9.03 Å². The molecule has 0 atom stereocenters. The Morgan fingerprint density at radius 1 is 1.35 bits per heavy atom. The molecule has 0 saturated heterocycles. The number of aryl methyl sites for hydroxylation is 1. The molecule has 96 valence electrons. The van der Waals surface area contributed by atoms with Gasteiger partial charge < -0.3 is 4.74 Å². The molecule has 17 heavy (non-hydrogen) atoms. The van der Waals surface area contributed by atoms with Gasteiger partial charge in [-0.15, -0.1) is 0 Å². The first-order valence-corrected chi connectivity index (χ1v) is 6.61. The van der Waals surface area contributed by atoms with E-state index >= 15 is 0 Å². The highest BCUT2D eigenvalue weighted by Gasteiger charge is 2.12. The predicted molar refractivity (Wildman–Crippen MR) is 67.2 cm³/mol. The molecule has 0 spiro atoms. The summed E-state index contributed by atoms with van der Waals surface area (Å²) < 4.78 is 31.8. The molecular weight excluding hydrogens is 240 g/mol. The molecule has 1 aromatic carbocycles. The fourth-order valence-corrected chi connectivity index (χ4v) is 1.96. The Bertz CT molecular complexity index is 483. The molecule has 5 nitrogen and oxygen atoms in total. The van der Waals surface area contributed by atoms with Crippen molar-refractivity contribution >= 4 is 10.2 Å². The molecule has 1 N–H and O–H groups in total. The Labute approximate surface area is 103 Å². The third-order valence-corrected chi connectivity index (χ3v) is 3.87. The van der Waals surface area contributed by atoms with Gasteiger partial charge in [0.15, 0.2) is 0 Å². The van der Waals surface area contributed by atoms with Crippen molar-refractivity contribution in [2.75, 3.05) is 21.2 Å². The van der Waals surface area contributed by atoms with Crippen LogP contribution < -0.4 is 9.46 Å². The normalized spacial score (nSPS) is 11.8. The van der Waals surface area contributed by atoms with Crippen LogP contribution in [0.15, 0.2) is 18.2 Å². The Hall–Kier alpha value is -1.11. The standard InChI is InChI=1S/C11H18N2O3S/c1-9-7-10(5-6-11(9)16-4)8-12-17(14,15)13(2)3/h5-7,12H,8H2,1-4H3. The number of nitrogens with zero attached hydrogens (tertiary/aromatic N) is 1. The monoisotopic (exact) mass is 258 g/mol. The minimum atomic E-state index is -3.37. The molecule has 0 heterocycles. The highest BCUT2D eigenvalue weighted by molar-refractivity contribution is 7.87. The molecule has 0 aromatic heterocycles. The summed E-state index contributed by atoms with van der Waals surface area (Å²) >= 11 is 0. The Morgan fingerprint density at radius 3 is 2.47 bits per heavy atom. The molecule has 0 unspecified atom stereocenters. The average Bonchev–Trinajstić information content (AvgIpc) is 2.26. The van der Waals surface area contributed by atoms with Gasteiger partial charge in [-0.25, -0.2) is 0 Å². The van der Waals surface area contributed by atoms with Crippen LogP contribution in [0.5, 0.6) is 5.75 Å². The molecule has 0 aliphatic heterocycles. The average molecular weight is 258 g/mol. The van der Waals surface area contributed by atoms with E-state index in [4.69, 9.17) is 4.74 Å². The second kappa shape index (κ2) is 5.48. The number of methoxy groups -OCH3 is 1. The summed E-state index contributed by atoms with van der Waals surface area (Å²) in [6, 6.07) is 5.57. The third-order valence-electron chi connectivity index (χ3n) is 2.40. The Morgan fingerprint density at radius 2 is 2.00 bits per heavy atom. The lowest BCUT2D eigenvalue weighted by Crippen LogP contribution is -2.35. The number of rotatable bonds is 5. The minimum absolute atomic E-state index is 0.269. The zero-order valence-corrected chi connectivity index (χ0v) is 11.3. The highest BCUT2D eigenvalue weighted by atomic mass is 32.2. The highest BCUT2D eigenvalue weighted by Crippen LogP contribution is 2.18. The molecule has 0 aliphatic rings. The maximum Gasteiger partial charge on any atom is 0.279 e. The first-order chi connectivity index (χ1) is 7.86. The number of benzene rings is 1. The van der Waals surface area contributed by atoms with Crippen molar-refractivity contribution in [2.24, 2.45) is 0 Å². The molecule has 1 aromatic rings. The van der Waals surface area contributed by atoms with E-state index in [0.717, 1.165) is 21.2 Å². The van der Waals surface area contributed by atoms with Crippen LogP contribution in [0.3, 0.4) is 0 Å². The van der Waals surface area contributed by atoms with Gasteiger partial charge in [0.05, 0.1) is 7.11 Å². The lowest BCUT2D eigenvalue weighted by Gasteiger charge is -2.13. The van der Waals surface area contributed by atoms with Crippen LogP contribution in [0.1, 0.15) is 11.1 Å². The fraction of sp³-hybridized carbons (Fsp3) is 0.455. The second-order valence-corrected chi connectivity index (χ2v) is 5.88. The first kappa shape index (κ1) is 14.0. The van der Waals surface area contributed by atoms with E-state index in [1.54, 1.807) is 7.11 Å². The molecule has 0 radical (unpaired) electrons. The van der Waals surface area contributed by atoms with E-state index in [1.165, 1.54) is 14.1 Å². The van der Waals surface area contributed by atoms with Crippen LogP contribution in [0.2, 0.25) is 0 Å². The summed E-state index contributed by atoms with van der Waals surface area (Å²) in [7, 11) is 1.21. The van der Waals surface area contributed by atoms with Crippen LogP contribution in [0.4, 0.5) is 0 Å². The van der Waals surface area contributed by atoms with Gasteiger partial charge in [0.25, 0.3) is 10.2 Å². The summed E-state index contributed by atoms with van der Waals surface area (Å²) in [4.78, 5) is 0. The molecule has 0 bridgehead atoms. The van der Waals surface area contributed by atoms with Crippen LogP contribution in [0, 0.1) is 6.92 Å². The van der Waals surface area contributed by atoms with E-state index in [2.05, 4.69) is 4.72 Å². The van der Waals surface area contributed by atoms with Gasteiger partial charge >= 0.3 is 0 Å². The number of hydrogen-bond donors (Lipinski definition) is 1. The molecule has 0 amide bonds. The largest absolute Gasteiger partial charge is 0.496 e. The third kappa shape index (κ3) is 3.69. The quantitative estimate of drug-likeness (QED) is 0.853. The SMILES string of the molecule is COc1ccc(CNS(=O)(=O)N(C)C)cc1C. The van der Waals surface area contributed by atoms with E-state index < -0.39 is 10.2 Å². The smallest absolute Gasteiger partial charge is 0.279 e. The summed E-state index contributed by atoms with van der Waals surface area (Å²) in [5.74, 6) is 0.796. The summed E-state index contributed by atoms with van der Waals surface area (Å²) in [5.41, 5.74) is 1.88. The second-order valence-electron chi connectivity index (χ2n) is 3.91. The maximum atomic E-state index is 11.5. The van der Waals surface area contributed by atoms with Crippen molar-refractivity contribution in [1.29, 1.82) is 0 Å². The summed E-state index contributed by atoms with van der Waals surface area (Å²) in [6.45, 7) is 2.19. The van der Waals surface area contributed by atoms with Crippen molar-refractivity contribution < 1.29 is 13.2 Å². The van der Waals surface area contributed by atoms with Crippen molar-refractivity contribution in [3.63, 3.8) is 0 Å². The summed E-state index contributed by atoms with van der Waals surface area (Å²) in [5, 5.41) is 0. The summed E-state index contributed by atoms with van der Waals surface area (Å²) in [6.07, 6.45) is 0. The van der Waals surface area contributed by atoms with Gasteiger partial charge in [-0.05, 0) is 24.1 Å². The predicted octanol–water partition coefficient (Wildman–Crippen LogP) is 0.900. The van der Waals surface area contributed by atoms with Crippen LogP contribution in [-0.2, 0) is 16.8 Å². The van der Waals surface area contributed by atoms with Gasteiger partial charge in [-0.1, -0.05) is 12.1 Å². The number of hydrogen-bond acceptors (Lipinski definition) is 3. The lowest BCUT2D eigenvalue weighted by molar-refractivity contribution is 0.411. The zero-order chi connectivity index (χ0) is 13.1. The maximum absolute atomic E-state index is 11.5. The lowest BCUT2D eigenvalue weighted by atomic mass is 10.1. The first-order valence-electron chi connectivity index (χ1n) is 5.17. The topological polar surface area (TPSA) is 58.6 Å². The van der Waals surface area contributed by atoms with Crippen LogP contribution >= 0.6 is 0 Å². The van der Waals surface area contributed by atoms with E-state index in [-0.39, 0.29) is 6.54 Å². The van der Waals surface area contributed by atoms with Crippen molar-refractivity contribution in [3.8, 4) is 5.75 Å². The minimum Gasteiger partial charge on any atom is -0.496 e. The van der Waals surface area contributed by atoms with Gasteiger partial charge in [0.2, 0.25) is 0 Å². The van der Waals surface area contributed by atoms with Crippen LogP contribution in [0.25, 0.3) is 0 Å². The molecule has 0 aliphatic carbocycles. The number of ether oxygens (including phenoxy) is 1. The molecule has 1 rings (SSSR count). The van der Waals surface area contributed by atoms with Gasteiger partial charge in [-0.3, -0.25) is 0 Å². The molecule has 6 heteroatoms. The van der Waals surface area contributed by atoms with Gasteiger partial charge in [-0.2, -0.15) is 17.4 Å². The number of nitrogens with one attached hydrogen (secondary N) is 1. The zero-order valence-electron chi connectivity index (χ0n) is 10.5. The van der Waals surface area contributed by atoms with E-state index in [1.807, 2.05) is 25.1 Å². The van der Waals surface area contributed by atoms with Crippen LogP contribution in [-0.4, -0.2) is 33.9 Å². The van der Waals surface area contributed by atoms with E-state index in [9.17, 15) is 8.42 Å². The van der Waals surface area contributed by atoms with Gasteiger partial charge in [0, 0.05) is 20.6 Å². The molecule has 0 fully saturated rings. The van der Waals surface area contributed by atoms with Crippen molar-refractivity contribution in [2.45, 2.75) is 13.5 Å². The van der Waals surface area contributed by atoms with E-state index in [0.29, 0.717) is 0 Å².